The van der Waals surface area contributed by atoms with Gasteiger partial charge in [-0.3, -0.25) is 4.98 Å². The molecule has 94 valence electrons. The second-order valence-corrected chi connectivity index (χ2v) is 4.36. The smallest absolute Gasteiger partial charge is 0.147 e. The molecule has 0 bridgehead atoms. The Morgan fingerprint density at radius 3 is 2.71 bits per heavy atom. The Kier molecular flexibility index (Phi) is 5.63. The average molecular weight is 234 g/mol. The van der Waals surface area contributed by atoms with E-state index in [2.05, 4.69) is 28.8 Å². The molecular weight excluding hydrogens is 212 g/mol. The molecule has 0 aliphatic heterocycles. The summed E-state index contributed by atoms with van der Waals surface area (Å²) >= 11 is 0. The predicted molar refractivity (Wildman–Crippen MR) is 72.1 cm³/mol. The van der Waals surface area contributed by atoms with Crippen molar-refractivity contribution in [2.75, 3.05) is 25.0 Å². The van der Waals surface area contributed by atoms with E-state index >= 15 is 0 Å². The van der Waals surface area contributed by atoms with Crippen molar-refractivity contribution < 1.29 is 0 Å². The third-order valence-corrected chi connectivity index (χ3v) is 2.32. The SMILES string of the molecule is C=C(C)CN(C)c1cnc(CNCCC)cn1. The number of likely N-dealkylation sites (N-methyl/N-ethyl adjacent to an activating group) is 1. The van der Waals surface area contributed by atoms with E-state index in [-0.39, 0.29) is 0 Å². The lowest BCUT2D eigenvalue weighted by atomic mass is 10.3. The Bertz CT molecular complexity index is 345. The first-order valence-electron chi connectivity index (χ1n) is 6.00. The minimum atomic E-state index is 0.783. The summed E-state index contributed by atoms with van der Waals surface area (Å²) in [6, 6.07) is 0. The summed E-state index contributed by atoms with van der Waals surface area (Å²) < 4.78 is 0. The highest BCUT2D eigenvalue weighted by Gasteiger charge is 2.03. The van der Waals surface area contributed by atoms with Crippen LogP contribution < -0.4 is 10.2 Å². The van der Waals surface area contributed by atoms with E-state index in [9.17, 15) is 0 Å². The molecule has 1 heterocycles. The topological polar surface area (TPSA) is 41.1 Å². The van der Waals surface area contributed by atoms with E-state index in [1.165, 1.54) is 0 Å². The maximum absolute atomic E-state index is 4.39. The molecular formula is C13H22N4. The number of nitrogens with zero attached hydrogens (tertiary/aromatic N) is 3. The van der Waals surface area contributed by atoms with Gasteiger partial charge in [0, 0.05) is 20.1 Å². The summed E-state index contributed by atoms with van der Waals surface area (Å²) in [7, 11) is 1.99. The summed E-state index contributed by atoms with van der Waals surface area (Å²) in [6.45, 7) is 10.6. The monoisotopic (exact) mass is 234 g/mol. The maximum Gasteiger partial charge on any atom is 0.147 e. The fourth-order valence-electron chi connectivity index (χ4n) is 1.52. The summed E-state index contributed by atoms with van der Waals surface area (Å²) in [4.78, 5) is 10.8. The van der Waals surface area contributed by atoms with Crippen LogP contribution in [0.3, 0.4) is 0 Å². The number of nitrogens with one attached hydrogen (secondary N) is 1. The van der Waals surface area contributed by atoms with Crippen LogP contribution >= 0.6 is 0 Å². The van der Waals surface area contributed by atoms with Crippen molar-refractivity contribution in [2.24, 2.45) is 0 Å². The van der Waals surface area contributed by atoms with Gasteiger partial charge in [-0.15, -0.1) is 0 Å². The molecule has 0 radical (unpaired) electrons. The van der Waals surface area contributed by atoms with Gasteiger partial charge in [-0.1, -0.05) is 19.1 Å². The molecule has 0 amide bonds. The van der Waals surface area contributed by atoms with Crippen LogP contribution in [-0.2, 0) is 6.54 Å². The standard InChI is InChI=1S/C13H22N4/c1-5-6-14-7-12-8-16-13(9-15-12)17(4)10-11(2)3/h8-9,14H,2,5-7,10H2,1,3-4H3. The zero-order valence-corrected chi connectivity index (χ0v) is 11.0. The predicted octanol–water partition coefficient (Wildman–Crippen LogP) is 1.99. The van der Waals surface area contributed by atoms with Crippen molar-refractivity contribution in [1.82, 2.24) is 15.3 Å². The van der Waals surface area contributed by atoms with Crippen molar-refractivity contribution in [3.8, 4) is 0 Å². The lowest BCUT2D eigenvalue weighted by Crippen LogP contribution is -2.21. The zero-order valence-electron chi connectivity index (χ0n) is 11.0. The Labute approximate surface area is 104 Å². The van der Waals surface area contributed by atoms with Crippen molar-refractivity contribution in [3.63, 3.8) is 0 Å². The van der Waals surface area contributed by atoms with Crippen LogP contribution in [0.1, 0.15) is 26.0 Å². The average Bonchev–Trinajstić information content (AvgIpc) is 2.29. The first-order chi connectivity index (χ1) is 8.13. The number of anilines is 1. The fraction of sp³-hybridized carbons (Fsp3) is 0.538. The first-order valence-corrected chi connectivity index (χ1v) is 6.00. The van der Waals surface area contributed by atoms with Crippen LogP contribution in [-0.4, -0.2) is 30.1 Å². The van der Waals surface area contributed by atoms with Gasteiger partial charge >= 0.3 is 0 Å². The molecule has 4 nitrogen and oxygen atoms in total. The van der Waals surface area contributed by atoms with Gasteiger partial charge in [0.25, 0.3) is 0 Å². The van der Waals surface area contributed by atoms with E-state index < -0.39 is 0 Å². The van der Waals surface area contributed by atoms with Crippen molar-refractivity contribution in [1.29, 1.82) is 0 Å². The lowest BCUT2D eigenvalue weighted by Gasteiger charge is -2.17. The molecule has 0 saturated carbocycles. The summed E-state index contributed by atoms with van der Waals surface area (Å²) in [5.41, 5.74) is 2.09. The van der Waals surface area contributed by atoms with Crippen LogP contribution in [0.15, 0.2) is 24.5 Å². The molecule has 0 unspecified atom stereocenters. The molecule has 1 rings (SSSR count). The molecule has 0 aliphatic carbocycles. The van der Waals surface area contributed by atoms with Gasteiger partial charge in [-0.2, -0.15) is 0 Å². The third kappa shape index (κ3) is 4.95. The van der Waals surface area contributed by atoms with Crippen LogP contribution in [0.4, 0.5) is 5.82 Å². The molecule has 17 heavy (non-hydrogen) atoms. The van der Waals surface area contributed by atoms with Gasteiger partial charge < -0.3 is 10.2 Å². The number of aromatic nitrogens is 2. The van der Waals surface area contributed by atoms with Crippen molar-refractivity contribution in [3.05, 3.63) is 30.2 Å². The zero-order chi connectivity index (χ0) is 12.7. The maximum atomic E-state index is 4.39. The highest BCUT2D eigenvalue weighted by Crippen LogP contribution is 2.08. The Morgan fingerprint density at radius 1 is 1.41 bits per heavy atom. The normalized spacial score (nSPS) is 10.3. The molecule has 1 aromatic rings. The molecule has 1 aromatic heterocycles. The molecule has 0 spiro atoms. The quantitative estimate of drug-likeness (QED) is 0.578. The molecule has 1 N–H and O–H groups in total. The van der Waals surface area contributed by atoms with Crippen LogP contribution in [0.5, 0.6) is 0 Å². The van der Waals surface area contributed by atoms with Gasteiger partial charge in [0.05, 0.1) is 18.1 Å². The first kappa shape index (κ1) is 13.6. The minimum absolute atomic E-state index is 0.783. The summed E-state index contributed by atoms with van der Waals surface area (Å²) in [5, 5.41) is 3.30. The Hall–Kier alpha value is -1.42. The van der Waals surface area contributed by atoms with Crippen molar-refractivity contribution >= 4 is 5.82 Å². The number of hydrogen-bond acceptors (Lipinski definition) is 4. The molecule has 0 fully saturated rings. The number of hydrogen-bond donors (Lipinski definition) is 1. The Morgan fingerprint density at radius 2 is 2.18 bits per heavy atom. The van der Waals surface area contributed by atoms with E-state index in [1.54, 1.807) is 0 Å². The van der Waals surface area contributed by atoms with E-state index in [0.717, 1.165) is 43.1 Å². The summed E-state index contributed by atoms with van der Waals surface area (Å²) in [6.07, 6.45) is 4.77. The minimum Gasteiger partial charge on any atom is -0.354 e. The second kappa shape index (κ2) is 7.01. The van der Waals surface area contributed by atoms with Gasteiger partial charge in [0.1, 0.15) is 5.82 Å². The molecule has 0 aromatic carbocycles. The lowest BCUT2D eigenvalue weighted by molar-refractivity contribution is 0.661. The van der Waals surface area contributed by atoms with Gasteiger partial charge in [0.15, 0.2) is 0 Å². The van der Waals surface area contributed by atoms with Crippen LogP contribution in [0, 0.1) is 0 Å². The van der Waals surface area contributed by atoms with Crippen molar-refractivity contribution in [2.45, 2.75) is 26.8 Å². The molecule has 4 heteroatoms. The van der Waals surface area contributed by atoms with Gasteiger partial charge in [-0.05, 0) is 19.9 Å². The third-order valence-electron chi connectivity index (χ3n) is 2.32. The highest BCUT2D eigenvalue weighted by atomic mass is 15.2. The van der Waals surface area contributed by atoms with E-state index in [1.807, 2.05) is 31.3 Å². The fourth-order valence-corrected chi connectivity index (χ4v) is 1.52. The van der Waals surface area contributed by atoms with Gasteiger partial charge in [-0.25, -0.2) is 4.98 Å². The number of rotatable bonds is 7. The molecule has 0 atom stereocenters. The van der Waals surface area contributed by atoms with E-state index in [0.29, 0.717) is 0 Å². The van der Waals surface area contributed by atoms with Crippen LogP contribution in [0.25, 0.3) is 0 Å². The largest absolute Gasteiger partial charge is 0.354 e. The molecule has 0 aliphatic rings. The van der Waals surface area contributed by atoms with E-state index in [4.69, 9.17) is 0 Å². The summed E-state index contributed by atoms with van der Waals surface area (Å²) in [5.74, 6) is 0.882. The van der Waals surface area contributed by atoms with Crippen LogP contribution in [0.2, 0.25) is 0 Å². The highest BCUT2D eigenvalue weighted by molar-refractivity contribution is 5.36. The second-order valence-electron chi connectivity index (χ2n) is 4.36. The van der Waals surface area contributed by atoms with Gasteiger partial charge in [0.2, 0.25) is 0 Å². The molecule has 0 saturated heterocycles. The Balaban J connectivity index is 2.52.